The monoisotopic (exact) mass is 217 g/mol. The summed E-state index contributed by atoms with van der Waals surface area (Å²) in [4.78, 5) is 0. The molecule has 0 aliphatic heterocycles. The molecule has 1 aromatic carbocycles. The van der Waals surface area contributed by atoms with Crippen LogP contribution in [0.1, 0.15) is 18.4 Å². The molecular formula is C10H10F3NO. The molecule has 0 spiro atoms. The number of nitrogens with two attached hydrogens (primary N) is 1. The summed E-state index contributed by atoms with van der Waals surface area (Å²) in [5, 5.41) is 9.26. The van der Waals surface area contributed by atoms with E-state index in [1.165, 1.54) is 0 Å². The zero-order chi connectivity index (χ0) is 11.2. The smallest absolute Gasteiger partial charge is 0.203 e. The molecule has 2 nitrogen and oxygen atoms in total. The predicted molar refractivity (Wildman–Crippen MR) is 47.8 cm³/mol. The zero-order valence-corrected chi connectivity index (χ0v) is 7.86. The SMILES string of the molecule is NC1(Cc2cc(F)c(F)c(F)c2O)CC1. The molecule has 1 aliphatic carbocycles. The van der Waals surface area contributed by atoms with Gasteiger partial charge in [-0.15, -0.1) is 0 Å². The Morgan fingerprint density at radius 3 is 2.40 bits per heavy atom. The molecule has 15 heavy (non-hydrogen) atoms. The third-order valence-corrected chi connectivity index (χ3v) is 2.65. The third kappa shape index (κ3) is 1.79. The number of benzene rings is 1. The average molecular weight is 217 g/mol. The van der Waals surface area contributed by atoms with Crippen LogP contribution in [0.3, 0.4) is 0 Å². The van der Waals surface area contributed by atoms with Crippen molar-refractivity contribution in [3.05, 3.63) is 29.1 Å². The Kier molecular flexibility index (Phi) is 2.15. The van der Waals surface area contributed by atoms with Gasteiger partial charge in [-0.3, -0.25) is 0 Å². The molecule has 5 heteroatoms. The van der Waals surface area contributed by atoms with Gasteiger partial charge < -0.3 is 10.8 Å². The topological polar surface area (TPSA) is 46.2 Å². The molecular weight excluding hydrogens is 207 g/mol. The van der Waals surface area contributed by atoms with Crippen LogP contribution in [-0.4, -0.2) is 10.6 Å². The van der Waals surface area contributed by atoms with Crippen molar-refractivity contribution in [2.45, 2.75) is 24.8 Å². The van der Waals surface area contributed by atoms with Crippen molar-refractivity contribution in [3.63, 3.8) is 0 Å². The van der Waals surface area contributed by atoms with Gasteiger partial charge in [0.15, 0.2) is 17.4 Å². The minimum atomic E-state index is -1.65. The van der Waals surface area contributed by atoms with Crippen molar-refractivity contribution < 1.29 is 18.3 Å². The molecule has 1 saturated carbocycles. The molecule has 0 aromatic heterocycles. The summed E-state index contributed by atoms with van der Waals surface area (Å²) in [6, 6.07) is 0.792. The van der Waals surface area contributed by atoms with Crippen LogP contribution >= 0.6 is 0 Å². The number of hydrogen-bond donors (Lipinski definition) is 2. The van der Waals surface area contributed by atoms with Crippen molar-refractivity contribution in [3.8, 4) is 5.75 Å². The van der Waals surface area contributed by atoms with E-state index in [0.29, 0.717) is 0 Å². The van der Waals surface area contributed by atoms with E-state index in [2.05, 4.69) is 0 Å². The van der Waals surface area contributed by atoms with Crippen LogP contribution in [0.5, 0.6) is 5.75 Å². The summed E-state index contributed by atoms with van der Waals surface area (Å²) in [7, 11) is 0. The molecule has 0 unspecified atom stereocenters. The lowest BCUT2D eigenvalue weighted by Crippen LogP contribution is -2.24. The normalized spacial score (nSPS) is 17.9. The summed E-state index contributed by atoms with van der Waals surface area (Å²) < 4.78 is 38.5. The second kappa shape index (κ2) is 3.13. The van der Waals surface area contributed by atoms with Crippen LogP contribution in [0.15, 0.2) is 6.07 Å². The summed E-state index contributed by atoms with van der Waals surface area (Å²) in [5.41, 5.74) is 5.26. The van der Waals surface area contributed by atoms with E-state index in [-0.39, 0.29) is 12.0 Å². The van der Waals surface area contributed by atoms with Gasteiger partial charge in [0.25, 0.3) is 0 Å². The Morgan fingerprint density at radius 2 is 1.87 bits per heavy atom. The third-order valence-electron chi connectivity index (χ3n) is 2.65. The Bertz CT molecular complexity index is 416. The Hall–Kier alpha value is -1.23. The standard InChI is InChI=1S/C10H10F3NO/c11-6-3-5(4-10(14)1-2-10)9(15)8(13)7(6)12/h3,15H,1-2,4,14H2. The van der Waals surface area contributed by atoms with Crippen LogP contribution in [-0.2, 0) is 6.42 Å². The summed E-state index contributed by atoms with van der Waals surface area (Å²) in [6.45, 7) is 0. The van der Waals surface area contributed by atoms with Crippen LogP contribution in [0.2, 0.25) is 0 Å². The van der Waals surface area contributed by atoms with E-state index in [0.717, 1.165) is 18.9 Å². The first-order valence-electron chi connectivity index (χ1n) is 4.57. The van der Waals surface area contributed by atoms with Crippen molar-refractivity contribution in [1.29, 1.82) is 0 Å². The van der Waals surface area contributed by atoms with E-state index in [1.54, 1.807) is 0 Å². The van der Waals surface area contributed by atoms with Gasteiger partial charge in [0.1, 0.15) is 0 Å². The van der Waals surface area contributed by atoms with E-state index < -0.39 is 28.7 Å². The fourth-order valence-electron chi connectivity index (χ4n) is 1.49. The Labute approximate surface area is 84.5 Å². The number of rotatable bonds is 2. The number of hydrogen-bond acceptors (Lipinski definition) is 2. The molecule has 1 fully saturated rings. The molecule has 1 aliphatic rings. The van der Waals surface area contributed by atoms with Gasteiger partial charge >= 0.3 is 0 Å². The van der Waals surface area contributed by atoms with Gasteiger partial charge in [0.2, 0.25) is 5.82 Å². The molecule has 3 N–H and O–H groups in total. The van der Waals surface area contributed by atoms with Gasteiger partial charge in [-0.2, -0.15) is 4.39 Å². The largest absolute Gasteiger partial charge is 0.505 e. The molecule has 0 radical (unpaired) electrons. The van der Waals surface area contributed by atoms with Gasteiger partial charge in [0, 0.05) is 11.1 Å². The Morgan fingerprint density at radius 1 is 1.27 bits per heavy atom. The first kappa shape index (κ1) is 10.3. The van der Waals surface area contributed by atoms with Crippen LogP contribution in [0.25, 0.3) is 0 Å². The second-order valence-electron chi connectivity index (χ2n) is 4.03. The molecule has 0 atom stereocenters. The highest BCUT2D eigenvalue weighted by Crippen LogP contribution is 2.38. The number of phenols is 1. The molecule has 0 saturated heterocycles. The fraction of sp³-hybridized carbons (Fsp3) is 0.400. The molecule has 0 bridgehead atoms. The molecule has 0 heterocycles. The first-order chi connectivity index (χ1) is 6.93. The van der Waals surface area contributed by atoms with Crippen LogP contribution < -0.4 is 5.73 Å². The van der Waals surface area contributed by atoms with Crippen molar-refractivity contribution in [2.24, 2.45) is 5.73 Å². The van der Waals surface area contributed by atoms with Gasteiger partial charge in [-0.1, -0.05) is 0 Å². The number of phenolic OH excluding ortho intramolecular Hbond substituents is 1. The maximum atomic E-state index is 12.9. The van der Waals surface area contributed by atoms with E-state index >= 15 is 0 Å². The molecule has 0 amide bonds. The molecule has 82 valence electrons. The van der Waals surface area contributed by atoms with Gasteiger partial charge in [0.05, 0.1) is 0 Å². The average Bonchev–Trinajstić information content (AvgIpc) is 2.89. The molecule has 1 aromatic rings. The number of halogens is 3. The van der Waals surface area contributed by atoms with Crippen LogP contribution in [0, 0.1) is 17.5 Å². The highest BCUT2D eigenvalue weighted by molar-refractivity contribution is 5.37. The van der Waals surface area contributed by atoms with Crippen LogP contribution in [0.4, 0.5) is 13.2 Å². The van der Waals surface area contributed by atoms with Crippen molar-refractivity contribution >= 4 is 0 Å². The predicted octanol–water partition coefficient (Wildman–Crippen LogP) is 1.84. The van der Waals surface area contributed by atoms with Crippen molar-refractivity contribution in [2.75, 3.05) is 0 Å². The number of aromatic hydroxyl groups is 1. The lowest BCUT2D eigenvalue weighted by Gasteiger charge is -2.11. The minimum Gasteiger partial charge on any atom is -0.505 e. The lowest BCUT2D eigenvalue weighted by molar-refractivity contribution is 0.379. The van der Waals surface area contributed by atoms with Gasteiger partial charge in [-0.25, -0.2) is 8.78 Å². The molecule has 2 rings (SSSR count). The van der Waals surface area contributed by atoms with Gasteiger partial charge in [-0.05, 0) is 25.3 Å². The second-order valence-corrected chi connectivity index (χ2v) is 4.03. The maximum Gasteiger partial charge on any atom is 0.203 e. The van der Waals surface area contributed by atoms with E-state index in [9.17, 15) is 18.3 Å². The minimum absolute atomic E-state index is 0.0198. The zero-order valence-electron chi connectivity index (χ0n) is 7.86. The Balaban J connectivity index is 2.39. The summed E-state index contributed by atoms with van der Waals surface area (Å²) in [6.07, 6.45) is 1.65. The summed E-state index contributed by atoms with van der Waals surface area (Å²) in [5.74, 6) is -5.34. The lowest BCUT2D eigenvalue weighted by atomic mass is 10.0. The fourth-order valence-corrected chi connectivity index (χ4v) is 1.49. The van der Waals surface area contributed by atoms with E-state index in [1.807, 2.05) is 0 Å². The quantitative estimate of drug-likeness (QED) is 0.742. The first-order valence-corrected chi connectivity index (χ1v) is 4.57. The maximum absolute atomic E-state index is 12.9. The summed E-state index contributed by atoms with van der Waals surface area (Å²) >= 11 is 0. The highest BCUT2D eigenvalue weighted by atomic mass is 19.2. The van der Waals surface area contributed by atoms with E-state index in [4.69, 9.17) is 5.73 Å². The van der Waals surface area contributed by atoms with Crippen molar-refractivity contribution in [1.82, 2.24) is 0 Å². The highest BCUT2D eigenvalue weighted by Gasteiger charge is 2.39.